The van der Waals surface area contributed by atoms with Gasteiger partial charge in [0.05, 0.1) is 21.6 Å². The summed E-state index contributed by atoms with van der Waals surface area (Å²) in [7, 11) is 0. The lowest BCUT2D eigenvalue weighted by molar-refractivity contribution is -0.384. The molecule has 2 aromatic rings. The second-order valence-corrected chi connectivity index (χ2v) is 4.72. The van der Waals surface area contributed by atoms with Crippen molar-refractivity contribution in [2.75, 3.05) is 0 Å². The van der Waals surface area contributed by atoms with Gasteiger partial charge in [0.2, 0.25) is 0 Å². The van der Waals surface area contributed by atoms with Crippen molar-refractivity contribution >= 4 is 28.9 Å². The minimum absolute atomic E-state index is 0.0404. The van der Waals surface area contributed by atoms with Crippen molar-refractivity contribution in [1.82, 2.24) is 0 Å². The number of ether oxygens (including phenoxy) is 1. The van der Waals surface area contributed by atoms with Crippen LogP contribution < -0.4 is 4.74 Å². The fourth-order valence-electron chi connectivity index (χ4n) is 1.57. The van der Waals surface area contributed by atoms with Crippen LogP contribution in [0.1, 0.15) is 5.56 Å². The Morgan fingerprint density at radius 3 is 2.40 bits per heavy atom. The van der Waals surface area contributed by atoms with Crippen LogP contribution in [0.25, 0.3) is 0 Å². The van der Waals surface area contributed by atoms with E-state index in [9.17, 15) is 10.1 Å². The van der Waals surface area contributed by atoms with E-state index in [-0.39, 0.29) is 28.1 Å². The molecule has 0 bridgehead atoms. The molecule has 20 heavy (non-hydrogen) atoms. The number of non-ortho nitro benzene ring substituents is 1. The number of aliphatic hydroxyl groups excluding tert-OH is 1. The highest BCUT2D eigenvalue weighted by Gasteiger charge is 2.16. The van der Waals surface area contributed by atoms with Crippen molar-refractivity contribution in [3.8, 4) is 11.5 Å². The number of nitro benzene ring substituents is 1. The molecule has 0 saturated heterocycles. The normalized spacial score (nSPS) is 10.3. The van der Waals surface area contributed by atoms with Gasteiger partial charge < -0.3 is 9.84 Å². The molecule has 104 valence electrons. The van der Waals surface area contributed by atoms with E-state index in [4.69, 9.17) is 33.0 Å². The van der Waals surface area contributed by atoms with Gasteiger partial charge in [-0.25, -0.2) is 0 Å². The summed E-state index contributed by atoms with van der Waals surface area (Å²) in [4.78, 5) is 10.1. The lowest BCUT2D eigenvalue weighted by Crippen LogP contribution is -1.92. The molecule has 5 nitrogen and oxygen atoms in total. The van der Waals surface area contributed by atoms with Crippen LogP contribution >= 0.6 is 23.2 Å². The average Bonchev–Trinajstić information content (AvgIpc) is 2.42. The van der Waals surface area contributed by atoms with Gasteiger partial charge in [-0.05, 0) is 17.7 Å². The lowest BCUT2D eigenvalue weighted by atomic mass is 10.2. The Hall–Kier alpha value is -1.82. The first-order valence-corrected chi connectivity index (χ1v) is 6.28. The summed E-state index contributed by atoms with van der Waals surface area (Å²) >= 11 is 11.9. The summed E-state index contributed by atoms with van der Waals surface area (Å²) in [5.41, 5.74) is 0.452. The first-order chi connectivity index (χ1) is 9.51. The third-order valence-corrected chi connectivity index (χ3v) is 3.06. The van der Waals surface area contributed by atoms with Crippen molar-refractivity contribution < 1.29 is 14.8 Å². The number of aliphatic hydroxyl groups is 1. The Bertz CT molecular complexity index is 638. The molecule has 7 heteroatoms. The van der Waals surface area contributed by atoms with Crippen LogP contribution in [0, 0.1) is 10.1 Å². The first-order valence-electron chi connectivity index (χ1n) is 5.52. The van der Waals surface area contributed by atoms with Crippen LogP contribution in [-0.4, -0.2) is 10.0 Å². The maximum Gasteiger partial charge on any atom is 0.272 e. The molecule has 0 aliphatic rings. The molecule has 0 atom stereocenters. The number of halogens is 2. The third-order valence-electron chi connectivity index (χ3n) is 2.49. The molecule has 0 aromatic heterocycles. The molecule has 0 amide bonds. The van der Waals surface area contributed by atoms with Gasteiger partial charge in [0, 0.05) is 12.1 Å². The number of hydrogen-bond acceptors (Lipinski definition) is 4. The Morgan fingerprint density at radius 1 is 1.20 bits per heavy atom. The predicted molar refractivity (Wildman–Crippen MR) is 75.6 cm³/mol. The minimum atomic E-state index is -0.589. The summed E-state index contributed by atoms with van der Waals surface area (Å²) in [5.74, 6) is 0.559. The molecule has 0 spiro atoms. The molecule has 0 unspecified atom stereocenters. The van der Waals surface area contributed by atoms with Crippen molar-refractivity contribution in [2.24, 2.45) is 0 Å². The molecule has 0 saturated carbocycles. The summed E-state index contributed by atoms with van der Waals surface area (Å²) in [6.07, 6.45) is 0. The van der Waals surface area contributed by atoms with Crippen LogP contribution in [-0.2, 0) is 6.61 Å². The zero-order valence-corrected chi connectivity index (χ0v) is 11.6. The van der Waals surface area contributed by atoms with Gasteiger partial charge in [-0.1, -0.05) is 35.3 Å². The number of hydrogen-bond donors (Lipinski definition) is 1. The van der Waals surface area contributed by atoms with Gasteiger partial charge in [0.25, 0.3) is 5.69 Å². The van der Waals surface area contributed by atoms with E-state index >= 15 is 0 Å². The van der Waals surface area contributed by atoms with Crippen molar-refractivity contribution in [3.05, 3.63) is 62.1 Å². The topological polar surface area (TPSA) is 72.6 Å². The fourth-order valence-corrected chi connectivity index (χ4v) is 2.13. The van der Waals surface area contributed by atoms with Gasteiger partial charge in [-0.15, -0.1) is 0 Å². The van der Waals surface area contributed by atoms with Crippen molar-refractivity contribution in [2.45, 2.75) is 6.61 Å². The number of nitro groups is 1. The van der Waals surface area contributed by atoms with Crippen molar-refractivity contribution in [1.29, 1.82) is 0 Å². The summed E-state index contributed by atoms with van der Waals surface area (Å²) in [6.45, 7) is -0.126. The maximum absolute atomic E-state index is 10.7. The molecule has 0 aliphatic heterocycles. The van der Waals surface area contributed by atoms with Crippen LogP contribution in [0.3, 0.4) is 0 Å². The zero-order chi connectivity index (χ0) is 14.7. The fraction of sp³-hybridized carbons (Fsp3) is 0.0769. The third kappa shape index (κ3) is 3.19. The second kappa shape index (κ2) is 6.09. The van der Waals surface area contributed by atoms with Gasteiger partial charge in [0.1, 0.15) is 5.75 Å². The van der Waals surface area contributed by atoms with E-state index in [1.54, 1.807) is 24.3 Å². The van der Waals surface area contributed by atoms with Crippen molar-refractivity contribution in [3.63, 3.8) is 0 Å². The molecule has 1 N–H and O–H groups in total. The van der Waals surface area contributed by atoms with E-state index in [0.29, 0.717) is 11.3 Å². The Morgan fingerprint density at radius 2 is 1.85 bits per heavy atom. The average molecular weight is 314 g/mol. The van der Waals surface area contributed by atoms with Crippen LogP contribution in [0.15, 0.2) is 36.4 Å². The van der Waals surface area contributed by atoms with Crippen LogP contribution in [0.4, 0.5) is 5.69 Å². The molecule has 2 rings (SSSR count). The minimum Gasteiger partial charge on any atom is -0.454 e. The quantitative estimate of drug-likeness (QED) is 0.678. The largest absolute Gasteiger partial charge is 0.454 e. The summed E-state index contributed by atoms with van der Waals surface area (Å²) in [5, 5.41) is 19.8. The summed E-state index contributed by atoms with van der Waals surface area (Å²) < 4.78 is 5.52. The molecular weight excluding hydrogens is 305 g/mol. The van der Waals surface area contributed by atoms with Gasteiger partial charge >= 0.3 is 0 Å². The van der Waals surface area contributed by atoms with E-state index in [0.717, 1.165) is 0 Å². The Balaban J connectivity index is 2.36. The maximum atomic E-state index is 10.7. The van der Waals surface area contributed by atoms with E-state index in [1.165, 1.54) is 12.1 Å². The van der Waals surface area contributed by atoms with Gasteiger partial charge in [-0.3, -0.25) is 10.1 Å². The summed E-state index contributed by atoms with van der Waals surface area (Å²) in [6, 6.07) is 9.04. The molecule has 0 heterocycles. The molecule has 0 aliphatic carbocycles. The van der Waals surface area contributed by atoms with E-state index < -0.39 is 4.92 Å². The molecule has 0 fully saturated rings. The van der Waals surface area contributed by atoms with E-state index in [2.05, 4.69) is 0 Å². The zero-order valence-electron chi connectivity index (χ0n) is 10.0. The molecule has 0 radical (unpaired) electrons. The highest BCUT2D eigenvalue weighted by atomic mass is 35.5. The smallest absolute Gasteiger partial charge is 0.272 e. The van der Waals surface area contributed by atoms with Gasteiger partial charge in [0.15, 0.2) is 5.75 Å². The Kier molecular flexibility index (Phi) is 4.44. The molecule has 2 aromatic carbocycles. The first kappa shape index (κ1) is 14.6. The van der Waals surface area contributed by atoms with Crippen LogP contribution in [0.5, 0.6) is 11.5 Å². The number of rotatable bonds is 4. The van der Waals surface area contributed by atoms with Gasteiger partial charge in [-0.2, -0.15) is 0 Å². The number of benzene rings is 2. The van der Waals surface area contributed by atoms with Crippen LogP contribution in [0.2, 0.25) is 10.0 Å². The molecular formula is C13H9Cl2NO4. The highest BCUT2D eigenvalue weighted by molar-refractivity contribution is 6.37. The second-order valence-electron chi connectivity index (χ2n) is 3.90. The predicted octanol–water partition coefficient (Wildman–Crippen LogP) is 4.19. The number of nitrogens with zero attached hydrogens (tertiary/aromatic N) is 1. The Labute approximate surface area is 124 Å². The lowest BCUT2D eigenvalue weighted by Gasteiger charge is -2.10. The highest BCUT2D eigenvalue weighted by Crippen LogP contribution is 2.39. The standard InChI is InChI=1S/C13H9Cl2NO4/c14-11-5-9(16(18)19)6-12(15)13(11)20-10-3-1-2-8(4-10)7-17/h1-6,17H,7H2. The van der Waals surface area contributed by atoms with E-state index in [1.807, 2.05) is 0 Å². The monoisotopic (exact) mass is 313 g/mol. The SMILES string of the molecule is O=[N+]([O-])c1cc(Cl)c(Oc2cccc(CO)c2)c(Cl)c1.